The molecule has 0 rings (SSSR count). The molecule has 0 aromatic carbocycles. The van der Waals surface area contributed by atoms with Gasteiger partial charge < -0.3 is 4.74 Å². The van der Waals surface area contributed by atoms with Crippen LogP contribution in [-0.4, -0.2) is 18.4 Å². The first kappa shape index (κ1) is 13.1. The lowest BCUT2D eigenvalue weighted by Gasteiger charge is -2.21. The van der Waals surface area contributed by atoms with Crippen molar-refractivity contribution in [2.24, 2.45) is 5.41 Å². The van der Waals surface area contributed by atoms with Crippen LogP contribution in [0.1, 0.15) is 47.0 Å². The van der Waals surface area contributed by atoms with E-state index >= 15 is 0 Å². The van der Waals surface area contributed by atoms with Crippen LogP contribution in [0, 0.1) is 5.41 Å². The number of carbonyl (C=O) groups is 2. The first-order valence-electron chi connectivity index (χ1n) is 5.13. The highest BCUT2D eigenvalue weighted by molar-refractivity contribution is 5.98. The lowest BCUT2D eigenvalue weighted by molar-refractivity contribution is -0.147. The number of ether oxygens (including phenoxy) is 1. The molecule has 3 heteroatoms. The van der Waals surface area contributed by atoms with Gasteiger partial charge in [0.1, 0.15) is 12.2 Å². The summed E-state index contributed by atoms with van der Waals surface area (Å²) in [4.78, 5) is 22.7. The molecule has 0 fully saturated rings. The number of esters is 1. The Bertz CT molecular complexity index is 207. The molecule has 0 atom stereocenters. The van der Waals surface area contributed by atoms with Gasteiger partial charge in [0.2, 0.25) is 0 Å². The molecule has 0 N–H and O–H groups in total. The third-order valence-electron chi connectivity index (χ3n) is 2.24. The van der Waals surface area contributed by atoms with Crippen LogP contribution < -0.4 is 0 Å². The van der Waals surface area contributed by atoms with Crippen LogP contribution in [0.25, 0.3) is 0 Å². The zero-order valence-corrected chi connectivity index (χ0v) is 9.55. The fourth-order valence-corrected chi connectivity index (χ4v) is 1.35. The van der Waals surface area contributed by atoms with Crippen LogP contribution in [-0.2, 0) is 14.3 Å². The zero-order chi connectivity index (χ0) is 11.2. The van der Waals surface area contributed by atoms with Crippen LogP contribution in [0.5, 0.6) is 0 Å². The normalized spacial score (nSPS) is 11.1. The topological polar surface area (TPSA) is 43.4 Å². The molecule has 0 spiro atoms. The van der Waals surface area contributed by atoms with Crippen LogP contribution >= 0.6 is 0 Å². The van der Waals surface area contributed by atoms with Gasteiger partial charge in [0.15, 0.2) is 0 Å². The number of carbonyl (C=O) groups excluding carboxylic acids is 2. The Kier molecular flexibility index (Phi) is 5.43. The fourth-order valence-electron chi connectivity index (χ4n) is 1.35. The molecular weight excluding hydrogens is 180 g/mol. The van der Waals surface area contributed by atoms with Crippen LogP contribution in [0.15, 0.2) is 0 Å². The summed E-state index contributed by atoms with van der Waals surface area (Å²) < 4.78 is 4.73. The quantitative estimate of drug-likeness (QED) is 0.488. The highest BCUT2D eigenvalue weighted by Gasteiger charge is 2.28. The van der Waals surface area contributed by atoms with E-state index in [0.29, 0.717) is 6.61 Å². The van der Waals surface area contributed by atoms with Crippen molar-refractivity contribution in [2.75, 3.05) is 6.61 Å². The first-order chi connectivity index (χ1) is 6.44. The highest BCUT2D eigenvalue weighted by Crippen LogP contribution is 2.24. The average molecular weight is 200 g/mol. The summed E-state index contributed by atoms with van der Waals surface area (Å²) in [6.45, 7) is 7.84. The summed E-state index contributed by atoms with van der Waals surface area (Å²) in [5.41, 5.74) is -0.401. The summed E-state index contributed by atoms with van der Waals surface area (Å²) in [6, 6.07) is 0. The van der Waals surface area contributed by atoms with Crippen molar-refractivity contribution in [2.45, 2.75) is 47.0 Å². The third-order valence-corrected chi connectivity index (χ3v) is 2.24. The number of hydrogen-bond donors (Lipinski definition) is 0. The molecular formula is C11H20O3. The zero-order valence-electron chi connectivity index (χ0n) is 9.55. The maximum absolute atomic E-state index is 11.6. The van der Waals surface area contributed by atoms with Crippen molar-refractivity contribution in [3.05, 3.63) is 0 Å². The van der Waals surface area contributed by atoms with E-state index in [1.165, 1.54) is 0 Å². The van der Waals surface area contributed by atoms with Crippen LogP contribution in [0.4, 0.5) is 0 Å². The number of rotatable bonds is 6. The molecule has 0 unspecified atom stereocenters. The standard InChI is InChI=1S/C11H20O3/c1-5-7-11(3,4)9(12)8-10(13)14-6-2/h5-8H2,1-4H3. The summed E-state index contributed by atoms with van der Waals surface area (Å²) in [5.74, 6) is -0.445. The molecule has 14 heavy (non-hydrogen) atoms. The number of ketones is 1. The Morgan fingerprint density at radius 1 is 1.21 bits per heavy atom. The predicted octanol–water partition coefficient (Wildman–Crippen LogP) is 2.33. The van der Waals surface area contributed by atoms with E-state index in [2.05, 4.69) is 0 Å². The molecule has 3 nitrogen and oxygen atoms in total. The summed E-state index contributed by atoms with van der Waals surface area (Å²) in [6.07, 6.45) is 1.66. The first-order valence-corrected chi connectivity index (χ1v) is 5.13. The van der Waals surface area contributed by atoms with E-state index < -0.39 is 11.4 Å². The van der Waals surface area contributed by atoms with Crippen LogP contribution in [0.3, 0.4) is 0 Å². The van der Waals surface area contributed by atoms with E-state index in [0.717, 1.165) is 12.8 Å². The molecule has 0 radical (unpaired) electrons. The minimum Gasteiger partial charge on any atom is -0.466 e. The van der Waals surface area contributed by atoms with Gasteiger partial charge in [-0.25, -0.2) is 0 Å². The highest BCUT2D eigenvalue weighted by atomic mass is 16.5. The fraction of sp³-hybridized carbons (Fsp3) is 0.818. The van der Waals surface area contributed by atoms with Gasteiger partial charge in [-0.2, -0.15) is 0 Å². The monoisotopic (exact) mass is 200 g/mol. The largest absolute Gasteiger partial charge is 0.466 e. The summed E-state index contributed by atoms with van der Waals surface area (Å²) in [7, 11) is 0. The summed E-state index contributed by atoms with van der Waals surface area (Å²) >= 11 is 0. The van der Waals surface area contributed by atoms with Crippen molar-refractivity contribution >= 4 is 11.8 Å². The Hall–Kier alpha value is -0.860. The second-order valence-corrected chi connectivity index (χ2v) is 4.04. The Morgan fingerprint density at radius 3 is 2.21 bits per heavy atom. The van der Waals surface area contributed by atoms with Gasteiger partial charge in [-0.1, -0.05) is 27.2 Å². The smallest absolute Gasteiger partial charge is 0.313 e. The van der Waals surface area contributed by atoms with Gasteiger partial charge in [0.25, 0.3) is 0 Å². The van der Waals surface area contributed by atoms with Gasteiger partial charge >= 0.3 is 5.97 Å². The van der Waals surface area contributed by atoms with E-state index in [1.54, 1.807) is 6.92 Å². The molecule has 0 saturated heterocycles. The molecule has 0 bridgehead atoms. The Morgan fingerprint density at radius 2 is 1.79 bits per heavy atom. The molecule has 82 valence electrons. The van der Waals surface area contributed by atoms with Crippen molar-refractivity contribution in [1.29, 1.82) is 0 Å². The van der Waals surface area contributed by atoms with E-state index in [9.17, 15) is 9.59 Å². The second kappa shape index (κ2) is 5.78. The van der Waals surface area contributed by atoms with Gasteiger partial charge in [0.05, 0.1) is 6.61 Å². The maximum atomic E-state index is 11.6. The maximum Gasteiger partial charge on any atom is 0.313 e. The second-order valence-electron chi connectivity index (χ2n) is 4.04. The predicted molar refractivity (Wildman–Crippen MR) is 54.9 cm³/mol. The number of hydrogen-bond acceptors (Lipinski definition) is 3. The molecule has 0 amide bonds. The average Bonchev–Trinajstić information content (AvgIpc) is 2.04. The van der Waals surface area contributed by atoms with Crippen molar-refractivity contribution < 1.29 is 14.3 Å². The SMILES string of the molecule is CCCC(C)(C)C(=O)CC(=O)OCC. The molecule has 0 aromatic heterocycles. The van der Waals surface area contributed by atoms with Crippen molar-refractivity contribution in [3.8, 4) is 0 Å². The lowest BCUT2D eigenvalue weighted by Crippen LogP contribution is -2.27. The van der Waals surface area contributed by atoms with Gasteiger partial charge in [-0.15, -0.1) is 0 Å². The minimum absolute atomic E-state index is 0.0298. The molecule has 0 saturated carbocycles. The Labute approximate surface area is 85.8 Å². The van der Waals surface area contributed by atoms with E-state index in [4.69, 9.17) is 4.74 Å². The molecule has 0 aliphatic carbocycles. The van der Waals surface area contributed by atoms with E-state index in [-0.39, 0.29) is 12.2 Å². The molecule has 0 aromatic rings. The summed E-state index contributed by atoms with van der Waals surface area (Å²) in [5, 5.41) is 0. The van der Waals surface area contributed by atoms with Crippen molar-refractivity contribution in [1.82, 2.24) is 0 Å². The van der Waals surface area contributed by atoms with E-state index in [1.807, 2.05) is 20.8 Å². The molecule has 0 aliphatic heterocycles. The third kappa shape index (κ3) is 4.40. The van der Waals surface area contributed by atoms with Gasteiger partial charge in [0, 0.05) is 5.41 Å². The molecule has 0 heterocycles. The van der Waals surface area contributed by atoms with Crippen molar-refractivity contribution in [3.63, 3.8) is 0 Å². The van der Waals surface area contributed by atoms with Crippen LogP contribution in [0.2, 0.25) is 0 Å². The molecule has 0 aliphatic rings. The van der Waals surface area contributed by atoms with Gasteiger partial charge in [-0.3, -0.25) is 9.59 Å². The minimum atomic E-state index is -0.415. The lowest BCUT2D eigenvalue weighted by atomic mass is 9.82. The van der Waals surface area contributed by atoms with Gasteiger partial charge in [-0.05, 0) is 13.3 Å². The number of Topliss-reactive ketones (excluding diaryl/α,β-unsaturated/α-hetero) is 1. The Balaban J connectivity index is 4.12.